The van der Waals surface area contributed by atoms with Crippen molar-refractivity contribution in [3.05, 3.63) is 164 Å². The number of hydrogen-bond donors (Lipinski definition) is 1. The number of aromatic nitrogens is 2. The Kier molecular flexibility index (Phi) is 7.15. The van der Waals surface area contributed by atoms with Gasteiger partial charge < -0.3 is 22.0 Å². The fraction of sp³-hybridized carbons (Fsp3) is 0. The minimum Gasteiger partial charge on any atom is -1.00 e. The predicted octanol–water partition coefficient (Wildman–Crippen LogP) is 5.16. The van der Waals surface area contributed by atoms with Gasteiger partial charge in [-0.25, -0.2) is 4.98 Å². The van der Waals surface area contributed by atoms with Crippen LogP contribution in [0.2, 0.25) is 0 Å². The molecule has 1 heterocycles. The van der Waals surface area contributed by atoms with Gasteiger partial charge >= 0.3 is 0 Å². The van der Waals surface area contributed by atoms with Gasteiger partial charge in [-0.2, -0.15) is 0 Å². The molecule has 0 radical (unpaired) electrons. The van der Waals surface area contributed by atoms with E-state index in [1.54, 1.807) is 0 Å². The Balaban J connectivity index is 0.00000300. The lowest BCUT2D eigenvalue weighted by molar-refractivity contribution is -0.00000794. The number of benzene rings is 7. The summed E-state index contributed by atoms with van der Waals surface area (Å²) in [4.78, 5) is 9.01. The van der Waals surface area contributed by atoms with Gasteiger partial charge in [0, 0.05) is 16.3 Å². The number of H-pyrrole nitrogens is 1. The molecule has 0 atom stereocenters. The summed E-state index contributed by atoms with van der Waals surface area (Å²) >= 11 is 0. The van der Waals surface area contributed by atoms with Gasteiger partial charge in [0.15, 0.2) is 0 Å². The number of hydrogen-bond acceptors (Lipinski definition) is 1. The van der Waals surface area contributed by atoms with E-state index in [-0.39, 0.29) is 17.0 Å². The van der Waals surface area contributed by atoms with Crippen LogP contribution in [0.25, 0.3) is 44.0 Å². The van der Waals surface area contributed by atoms with Gasteiger partial charge in [-0.05, 0) is 59.3 Å². The summed E-state index contributed by atoms with van der Waals surface area (Å²) in [7, 11) is -2.21. The summed E-state index contributed by atoms with van der Waals surface area (Å²) < 4.78 is 0. The number of nitrogens with one attached hydrogen (secondary N) is 1. The van der Waals surface area contributed by atoms with Gasteiger partial charge in [-0.15, -0.1) is 0 Å². The molecule has 1 N–H and O–H groups in total. The summed E-state index contributed by atoms with van der Waals surface area (Å²) in [5, 5.41) is 10.1. The highest BCUT2D eigenvalue weighted by Gasteiger charge is 2.47. The average molecular weight is 636 g/mol. The van der Waals surface area contributed by atoms with Gasteiger partial charge in [0.25, 0.3) is 0 Å². The van der Waals surface area contributed by atoms with Crippen molar-refractivity contribution >= 4 is 61.1 Å². The molecule has 2 nitrogen and oxygen atoms in total. The fourth-order valence-corrected chi connectivity index (χ4v) is 10.8. The summed E-state index contributed by atoms with van der Waals surface area (Å²) in [6, 6.07) is 59.3. The highest BCUT2D eigenvalue weighted by atomic mass is 79.9. The minimum absolute atomic E-state index is 0. The van der Waals surface area contributed by atoms with Gasteiger partial charge in [0.05, 0.1) is 11.0 Å². The van der Waals surface area contributed by atoms with E-state index in [1.807, 2.05) is 0 Å². The summed E-state index contributed by atoms with van der Waals surface area (Å²) in [5.74, 6) is 0.889. The number of halogens is 1. The second kappa shape index (κ2) is 11.3. The summed E-state index contributed by atoms with van der Waals surface area (Å²) in [5.41, 5.74) is 3.18. The number of fused-ring (bicyclic) bond motifs is 6. The molecule has 206 valence electrons. The molecule has 8 aromatic rings. The molecule has 4 heteroatoms. The molecule has 0 aliphatic carbocycles. The molecule has 43 heavy (non-hydrogen) atoms. The third-order valence-corrected chi connectivity index (χ3v) is 12.6. The Morgan fingerprint density at radius 3 is 1.42 bits per heavy atom. The monoisotopic (exact) mass is 634 g/mol. The van der Waals surface area contributed by atoms with Crippen molar-refractivity contribution in [3.8, 4) is 11.4 Å². The second-order valence-electron chi connectivity index (χ2n) is 10.6. The topological polar surface area (TPSA) is 28.7 Å². The molecule has 1 aromatic heterocycles. The van der Waals surface area contributed by atoms with Crippen molar-refractivity contribution in [2.45, 2.75) is 0 Å². The van der Waals surface area contributed by atoms with E-state index in [0.717, 1.165) is 22.4 Å². The molecule has 0 saturated carbocycles. The van der Waals surface area contributed by atoms with Crippen LogP contribution in [0.5, 0.6) is 0 Å². The Bertz CT molecular complexity index is 2020. The highest BCUT2D eigenvalue weighted by Crippen LogP contribution is 2.54. The molecular weight excluding hydrogens is 607 g/mol. The lowest BCUT2D eigenvalue weighted by Gasteiger charge is -2.27. The van der Waals surface area contributed by atoms with E-state index < -0.39 is 7.26 Å². The van der Waals surface area contributed by atoms with Crippen molar-refractivity contribution in [1.29, 1.82) is 0 Å². The SMILES string of the molecule is [Br-].c1ccc([P+](c2ccccc2)(c2ccccc2)c2cccc(-c3nc4c5ccccc5c5ccccc5c4[nH]3)c2)cc1. The fourth-order valence-electron chi connectivity index (χ4n) is 6.47. The van der Waals surface area contributed by atoms with Crippen LogP contribution >= 0.6 is 7.26 Å². The van der Waals surface area contributed by atoms with Gasteiger partial charge in [-0.3, -0.25) is 0 Å². The number of imidazole rings is 1. The standard InChI is InChI=1S/C39H28N2P.BrH/c1-4-16-29(17-5-1)42(30-18-6-2-7-19-30,31-20-8-3-9-21-31)32-22-14-15-28(27-32)39-40-37-35-25-12-10-23-33(35)34-24-11-13-26-36(34)38(37)41-39;/h1-27H,(H,40,41);1H/q+1;/p-1. The Labute approximate surface area is 262 Å². The van der Waals surface area contributed by atoms with Gasteiger partial charge in [0.2, 0.25) is 0 Å². The third kappa shape index (κ3) is 4.39. The van der Waals surface area contributed by atoms with E-state index in [1.165, 1.54) is 42.8 Å². The maximum Gasteiger partial charge on any atom is 0.144 e. The Hall–Kier alpha value is -4.56. The van der Waals surface area contributed by atoms with Crippen LogP contribution < -0.4 is 38.2 Å². The average Bonchev–Trinajstić information content (AvgIpc) is 3.54. The lowest BCUT2D eigenvalue weighted by Crippen LogP contribution is -3.00. The van der Waals surface area contributed by atoms with E-state index in [2.05, 4.69) is 169 Å². The van der Waals surface area contributed by atoms with Crippen LogP contribution in [0.4, 0.5) is 0 Å². The molecule has 0 spiro atoms. The first kappa shape index (κ1) is 27.3. The quantitative estimate of drug-likeness (QED) is 0.206. The van der Waals surface area contributed by atoms with Crippen molar-refractivity contribution in [2.24, 2.45) is 0 Å². The van der Waals surface area contributed by atoms with Crippen molar-refractivity contribution < 1.29 is 17.0 Å². The van der Waals surface area contributed by atoms with Gasteiger partial charge in [0.1, 0.15) is 34.3 Å². The molecule has 8 rings (SSSR count). The predicted molar refractivity (Wildman–Crippen MR) is 181 cm³/mol. The molecule has 0 amide bonds. The first-order chi connectivity index (χ1) is 20.8. The molecule has 0 fully saturated rings. The maximum atomic E-state index is 5.26. The molecule has 0 aliphatic rings. The summed E-state index contributed by atoms with van der Waals surface area (Å²) in [6.45, 7) is 0. The highest BCUT2D eigenvalue weighted by molar-refractivity contribution is 8.01. The lowest BCUT2D eigenvalue weighted by atomic mass is 10.0. The molecule has 7 aromatic carbocycles. The normalized spacial score (nSPS) is 11.5. The van der Waals surface area contributed by atoms with Crippen LogP contribution in [0.1, 0.15) is 0 Å². The zero-order valence-corrected chi connectivity index (χ0v) is 25.8. The first-order valence-corrected chi connectivity index (χ1v) is 16.1. The van der Waals surface area contributed by atoms with E-state index in [9.17, 15) is 0 Å². The zero-order chi connectivity index (χ0) is 27.9. The van der Waals surface area contributed by atoms with Crippen LogP contribution in [-0.2, 0) is 0 Å². The third-order valence-electron chi connectivity index (χ3n) is 8.31. The van der Waals surface area contributed by atoms with E-state index in [4.69, 9.17) is 4.98 Å². The second-order valence-corrected chi connectivity index (χ2v) is 14.0. The largest absolute Gasteiger partial charge is 1.00 e. The van der Waals surface area contributed by atoms with E-state index >= 15 is 0 Å². The van der Waals surface area contributed by atoms with Crippen molar-refractivity contribution in [1.82, 2.24) is 9.97 Å². The molecule has 0 saturated heterocycles. The first-order valence-electron chi connectivity index (χ1n) is 14.3. The molecule has 0 bridgehead atoms. The molecule has 0 unspecified atom stereocenters. The van der Waals surface area contributed by atoms with Gasteiger partial charge in [-0.1, -0.05) is 115 Å². The number of aromatic amines is 1. The van der Waals surface area contributed by atoms with Crippen LogP contribution in [0.3, 0.4) is 0 Å². The minimum atomic E-state index is -2.21. The smallest absolute Gasteiger partial charge is 0.144 e. The molecular formula is C39H28BrN2P. The van der Waals surface area contributed by atoms with Crippen LogP contribution in [0.15, 0.2) is 164 Å². The van der Waals surface area contributed by atoms with Crippen LogP contribution in [-0.4, -0.2) is 9.97 Å². The van der Waals surface area contributed by atoms with Crippen molar-refractivity contribution in [2.75, 3.05) is 0 Å². The number of nitrogens with zero attached hydrogens (tertiary/aromatic N) is 1. The van der Waals surface area contributed by atoms with Crippen LogP contribution in [0, 0.1) is 0 Å². The summed E-state index contributed by atoms with van der Waals surface area (Å²) in [6.07, 6.45) is 0. The Morgan fingerprint density at radius 1 is 0.419 bits per heavy atom. The van der Waals surface area contributed by atoms with Crippen molar-refractivity contribution in [3.63, 3.8) is 0 Å². The van der Waals surface area contributed by atoms with E-state index in [0.29, 0.717) is 0 Å². The zero-order valence-electron chi connectivity index (χ0n) is 23.4. The number of rotatable bonds is 5. The maximum absolute atomic E-state index is 5.26. The molecule has 0 aliphatic heterocycles. The Morgan fingerprint density at radius 2 is 0.860 bits per heavy atom.